The second-order valence-electron chi connectivity index (χ2n) is 8.84. The van der Waals surface area contributed by atoms with E-state index in [2.05, 4.69) is 31.1 Å². The van der Waals surface area contributed by atoms with E-state index in [0.717, 1.165) is 0 Å². The van der Waals surface area contributed by atoms with E-state index in [0.29, 0.717) is 58.4 Å². The molecule has 9 nitrogen and oxygen atoms in total. The number of aromatic nitrogens is 1. The zero-order chi connectivity index (χ0) is 26.5. The van der Waals surface area contributed by atoms with Gasteiger partial charge in [-0.05, 0) is 30.5 Å². The van der Waals surface area contributed by atoms with Crippen LogP contribution in [0.5, 0.6) is 0 Å². The number of morpholine rings is 1. The maximum atomic E-state index is 13.9. The molecular formula is C25H28BrFN4O5S. The summed E-state index contributed by atoms with van der Waals surface area (Å²) in [5.74, 6) is -1.47. The number of halogens is 2. The maximum Gasteiger partial charge on any atom is 0.338 e. The standard InChI is InChI=1S/C25H28BrFN4O5S/c1-3-35-25(34)21-18(12-31-7-8-36-19(13-31)14(2)10-20(32)33)29-23(24-28-6-9-37-24)30-22(21)16-5-4-15(27)11-17(16)26/h4-6,9,11,14,19,22H,3,7-8,10,12-13H2,1-2H3,(H,29,30)(H,32,33). The van der Waals surface area contributed by atoms with Crippen LogP contribution in [0.3, 0.4) is 0 Å². The number of nitrogens with zero attached hydrogens (tertiary/aromatic N) is 3. The lowest BCUT2D eigenvalue weighted by atomic mass is 9.94. The smallest absolute Gasteiger partial charge is 0.338 e. The van der Waals surface area contributed by atoms with E-state index in [9.17, 15) is 19.1 Å². The van der Waals surface area contributed by atoms with Crippen molar-refractivity contribution < 1.29 is 28.6 Å². The Bertz CT molecular complexity index is 1210. The lowest BCUT2D eigenvalue weighted by molar-refractivity contribution is -0.141. The van der Waals surface area contributed by atoms with Gasteiger partial charge < -0.3 is 19.9 Å². The number of nitrogens with one attached hydrogen (secondary N) is 1. The van der Waals surface area contributed by atoms with Gasteiger partial charge in [-0.3, -0.25) is 14.7 Å². The summed E-state index contributed by atoms with van der Waals surface area (Å²) in [6, 6.07) is 3.52. The first-order chi connectivity index (χ1) is 17.8. The van der Waals surface area contributed by atoms with Crippen LogP contribution in [0.15, 0.2) is 50.5 Å². The van der Waals surface area contributed by atoms with Crippen molar-refractivity contribution in [3.05, 3.63) is 61.9 Å². The van der Waals surface area contributed by atoms with Crippen LogP contribution in [-0.2, 0) is 19.1 Å². The molecular weight excluding hydrogens is 567 g/mol. The molecule has 2 N–H and O–H groups in total. The topological polar surface area (TPSA) is 113 Å². The van der Waals surface area contributed by atoms with Gasteiger partial charge in [0.05, 0.1) is 31.3 Å². The van der Waals surface area contributed by atoms with Crippen molar-refractivity contribution >= 4 is 45.0 Å². The van der Waals surface area contributed by atoms with Crippen LogP contribution in [0.2, 0.25) is 0 Å². The van der Waals surface area contributed by atoms with Crippen LogP contribution in [0.25, 0.3) is 0 Å². The highest BCUT2D eigenvalue weighted by atomic mass is 79.9. The number of benzene rings is 1. The number of carboxylic acid groups (broad SMARTS) is 1. The molecule has 0 amide bonds. The molecule has 1 aromatic carbocycles. The predicted octanol–water partition coefficient (Wildman–Crippen LogP) is 3.76. The first-order valence-electron chi connectivity index (χ1n) is 11.9. The van der Waals surface area contributed by atoms with Gasteiger partial charge >= 0.3 is 11.9 Å². The molecule has 4 rings (SSSR count). The molecule has 37 heavy (non-hydrogen) atoms. The molecule has 0 bridgehead atoms. The Hall–Kier alpha value is -2.67. The van der Waals surface area contributed by atoms with Crippen molar-refractivity contribution in [2.75, 3.05) is 32.8 Å². The summed E-state index contributed by atoms with van der Waals surface area (Å²) in [5.41, 5.74) is 1.55. The summed E-state index contributed by atoms with van der Waals surface area (Å²) in [6.45, 7) is 5.68. The van der Waals surface area contributed by atoms with Crippen molar-refractivity contribution in [2.24, 2.45) is 10.9 Å². The number of ether oxygens (including phenoxy) is 2. The largest absolute Gasteiger partial charge is 0.481 e. The minimum absolute atomic E-state index is 0.00898. The number of hydrogen-bond acceptors (Lipinski definition) is 9. The van der Waals surface area contributed by atoms with E-state index >= 15 is 0 Å². The Labute approximate surface area is 226 Å². The molecule has 3 heterocycles. The summed E-state index contributed by atoms with van der Waals surface area (Å²) in [7, 11) is 0. The van der Waals surface area contributed by atoms with Crippen LogP contribution in [-0.4, -0.2) is 71.7 Å². The highest BCUT2D eigenvalue weighted by molar-refractivity contribution is 9.10. The van der Waals surface area contributed by atoms with Gasteiger partial charge in [-0.2, -0.15) is 0 Å². The maximum absolute atomic E-state index is 13.9. The highest BCUT2D eigenvalue weighted by Gasteiger charge is 2.36. The number of aliphatic carboxylic acids is 1. The van der Waals surface area contributed by atoms with Gasteiger partial charge in [0.1, 0.15) is 11.9 Å². The minimum atomic E-state index is -0.869. The minimum Gasteiger partial charge on any atom is -0.481 e. The highest BCUT2D eigenvalue weighted by Crippen LogP contribution is 2.37. The van der Waals surface area contributed by atoms with E-state index in [1.54, 1.807) is 19.2 Å². The lowest BCUT2D eigenvalue weighted by Gasteiger charge is -2.37. The molecule has 1 saturated heterocycles. The average molecular weight is 595 g/mol. The lowest BCUT2D eigenvalue weighted by Crippen LogP contribution is -2.48. The third kappa shape index (κ3) is 6.61. The first-order valence-corrected chi connectivity index (χ1v) is 13.6. The zero-order valence-corrected chi connectivity index (χ0v) is 22.8. The van der Waals surface area contributed by atoms with Crippen LogP contribution < -0.4 is 5.32 Å². The number of carbonyl (C=O) groups excluding carboxylic acids is 1. The predicted molar refractivity (Wildman–Crippen MR) is 140 cm³/mol. The summed E-state index contributed by atoms with van der Waals surface area (Å²) >= 11 is 4.84. The van der Waals surface area contributed by atoms with Crippen LogP contribution in [0.4, 0.5) is 4.39 Å². The van der Waals surface area contributed by atoms with Crippen molar-refractivity contribution in [1.29, 1.82) is 0 Å². The quantitative estimate of drug-likeness (QED) is 0.422. The monoisotopic (exact) mass is 594 g/mol. The number of hydrogen-bond donors (Lipinski definition) is 2. The van der Waals surface area contributed by atoms with Gasteiger partial charge in [-0.15, -0.1) is 11.3 Å². The Morgan fingerprint density at radius 1 is 1.43 bits per heavy atom. The van der Waals surface area contributed by atoms with E-state index in [1.165, 1.54) is 23.5 Å². The number of carbonyl (C=O) groups is 2. The van der Waals surface area contributed by atoms with Gasteiger partial charge in [0, 0.05) is 41.4 Å². The molecule has 2 aromatic rings. The van der Waals surface area contributed by atoms with Crippen molar-refractivity contribution in [3.63, 3.8) is 0 Å². The van der Waals surface area contributed by atoms with Crippen LogP contribution >= 0.6 is 27.3 Å². The molecule has 0 spiro atoms. The number of carboxylic acids is 1. The third-order valence-electron chi connectivity index (χ3n) is 6.20. The van der Waals surface area contributed by atoms with Crippen molar-refractivity contribution in [2.45, 2.75) is 32.4 Å². The molecule has 1 aromatic heterocycles. The Balaban J connectivity index is 1.72. The van der Waals surface area contributed by atoms with E-state index < -0.39 is 23.8 Å². The number of rotatable bonds is 9. The van der Waals surface area contributed by atoms with E-state index in [4.69, 9.17) is 14.5 Å². The SMILES string of the molecule is CCOC(=O)C1=C(CN2CCOC(C(C)CC(=O)O)C2)NC(c2nccs2)=NC1c1ccc(F)cc1Br. The molecule has 3 atom stereocenters. The van der Waals surface area contributed by atoms with E-state index in [-0.39, 0.29) is 25.0 Å². The Morgan fingerprint density at radius 3 is 2.92 bits per heavy atom. The number of thiazole rings is 1. The molecule has 1 fully saturated rings. The van der Waals surface area contributed by atoms with Crippen molar-refractivity contribution in [3.8, 4) is 0 Å². The van der Waals surface area contributed by atoms with Gasteiger partial charge in [-0.1, -0.05) is 28.9 Å². The second kappa shape index (κ2) is 12.2. The Morgan fingerprint density at radius 2 is 2.24 bits per heavy atom. The molecule has 12 heteroatoms. The fourth-order valence-corrected chi connectivity index (χ4v) is 5.57. The number of esters is 1. The van der Waals surface area contributed by atoms with Crippen LogP contribution in [0.1, 0.15) is 36.9 Å². The fraction of sp³-hybridized carbons (Fsp3) is 0.440. The summed E-state index contributed by atoms with van der Waals surface area (Å²) in [5, 5.41) is 15.0. The van der Waals surface area contributed by atoms with E-state index in [1.807, 2.05) is 12.3 Å². The third-order valence-corrected chi connectivity index (χ3v) is 7.67. The van der Waals surface area contributed by atoms with Gasteiger partial charge in [-0.25, -0.2) is 14.2 Å². The molecule has 0 aliphatic carbocycles. The fourth-order valence-electron chi connectivity index (χ4n) is 4.42. The summed E-state index contributed by atoms with van der Waals surface area (Å²) in [4.78, 5) is 35.8. The molecule has 2 aliphatic heterocycles. The number of amidine groups is 1. The molecule has 0 radical (unpaired) electrons. The molecule has 3 unspecified atom stereocenters. The summed E-state index contributed by atoms with van der Waals surface area (Å²) in [6.07, 6.45) is 1.43. The summed E-state index contributed by atoms with van der Waals surface area (Å²) < 4.78 is 25.7. The van der Waals surface area contributed by atoms with Gasteiger partial charge in [0.15, 0.2) is 10.8 Å². The van der Waals surface area contributed by atoms with Crippen molar-refractivity contribution in [1.82, 2.24) is 15.2 Å². The Kier molecular flexibility index (Phi) is 9.06. The van der Waals surface area contributed by atoms with Gasteiger partial charge in [0.25, 0.3) is 0 Å². The first kappa shape index (κ1) is 27.4. The molecule has 2 aliphatic rings. The molecule has 198 valence electrons. The number of aliphatic imine (C=N–C) groups is 1. The zero-order valence-electron chi connectivity index (χ0n) is 20.4. The normalized spacial score (nSPS) is 21.2. The van der Waals surface area contributed by atoms with Crippen LogP contribution in [0, 0.1) is 11.7 Å². The van der Waals surface area contributed by atoms with Gasteiger partial charge in [0.2, 0.25) is 0 Å². The average Bonchev–Trinajstić information content (AvgIpc) is 3.39. The molecule has 0 saturated carbocycles. The second-order valence-corrected chi connectivity index (χ2v) is 10.6.